The third-order valence-electron chi connectivity index (χ3n) is 4.84. The van der Waals surface area contributed by atoms with E-state index < -0.39 is 0 Å². The second kappa shape index (κ2) is 4.48. The summed E-state index contributed by atoms with van der Waals surface area (Å²) in [4.78, 5) is 17.7. The first-order chi connectivity index (χ1) is 9.72. The second-order valence-corrected chi connectivity index (χ2v) is 6.39. The molecule has 1 saturated carbocycles. The number of benzene rings is 1. The Morgan fingerprint density at radius 3 is 2.60 bits per heavy atom. The Bertz CT molecular complexity index is 687. The summed E-state index contributed by atoms with van der Waals surface area (Å²) in [6.45, 7) is 2.15. The molecule has 2 aromatic rings. The first kappa shape index (κ1) is 12.2. The molecule has 0 unspecified atom stereocenters. The third kappa shape index (κ3) is 1.99. The van der Waals surface area contributed by atoms with Crippen molar-refractivity contribution in [1.82, 2.24) is 14.5 Å². The number of imidazole rings is 1. The van der Waals surface area contributed by atoms with E-state index >= 15 is 0 Å². The van der Waals surface area contributed by atoms with Crippen LogP contribution in [0.2, 0.25) is 0 Å². The fourth-order valence-electron chi connectivity index (χ4n) is 3.42. The molecular weight excluding hydrogens is 250 g/mol. The molecule has 4 nitrogen and oxygen atoms in total. The van der Waals surface area contributed by atoms with Crippen molar-refractivity contribution in [3.05, 3.63) is 34.2 Å². The monoisotopic (exact) mass is 271 g/mol. The lowest BCUT2D eigenvalue weighted by atomic mass is 10.0. The smallest absolute Gasteiger partial charge is 0.306 e. The van der Waals surface area contributed by atoms with Crippen molar-refractivity contribution in [3.8, 4) is 0 Å². The molecule has 1 aromatic carbocycles. The van der Waals surface area contributed by atoms with Gasteiger partial charge in [-0.1, -0.05) is 6.07 Å². The maximum Gasteiger partial charge on any atom is 0.326 e. The van der Waals surface area contributed by atoms with E-state index in [0.717, 1.165) is 42.9 Å². The zero-order valence-corrected chi connectivity index (χ0v) is 11.9. The van der Waals surface area contributed by atoms with Gasteiger partial charge in [-0.25, -0.2) is 4.79 Å². The number of nitrogens with one attached hydrogen (secondary N) is 1. The number of nitrogens with zero attached hydrogens (tertiary/aromatic N) is 2. The van der Waals surface area contributed by atoms with Crippen LogP contribution in [0.1, 0.15) is 43.2 Å². The molecule has 0 bridgehead atoms. The first-order valence-corrected chi connectivity index (χ1v) is 7.65. The fraction of sp³-hybridized carbons (Fsp3) is 0.562. The molecule has 0 amide bonds. The van der Waals surface area contributed by atoms with Crippen LogP contribution in [-0.2, 0) is 0 Å². The van der Waals surface area contributed by atoms with Crippen molar-refractivity contribution in [2.45, 2.75) is 37.6 Å². The summed E-state index contributed by atoms with van der Waals surface area (Å²) in [6, 6.07) is 6.84. The predicted molar refractivity (Wildman–Crippen MR) is 80.3 cm³/mol. The molecule has 4 heteroatoms. The van der Waals surface area contributed by atoms with Gasteiger partial charge in [-0.15, -0.1) is 0 Å². The van der Waals surface area contributed by atoms with E-state index in [-0.39, 0.29) is 5.69 Å². The van der Waals surface area contributed by atoms with Crippen molar-refractivity contribution in [3.63, 3.8) is 0 Å². The van der Waals surface area contributed by atoms with Crippen LogP contribution < -0.4 is 5.69 Å². The van der Waals surface area contributed by atoms with Gasteiger partial charge in [-0.05, 0) is 69.4 Å². The minimum absolute atomic E-state index is 0.0579. The molecule has 1 aliphatic heterocycles. The Balaban J connectivity index is 1.78. The molecule has 2 fully saturated rings. The van der Waals surface area contributed by atoms with Gasteiger partial charge >= 0.3 is 5.69 Å². The van der Waals surface area contributed by atoms with Crippen molar-refractivity contribution < 1.29 is 0 Å². The van der Waals surface area contributed by atoms with Crippen LogP contribution in [0, 0.1) is 0 Å². The van der Waals surface area contributed by atoms with Crippen molar-refractivity contribution >= 4 is 11.0 Å². The van der Waals surface area contributed by atoms with Gasteiger partial charge in [0.05, 0.1) is 11.0 Å². The largest absolute Gasteiger partial charge is 0.326 e. The number of piperidine rings is 1. The summed E-state index contributed by atoms with van der Waals surface area (Å²) < 4.78 is 2.01. The van der Waals surface area contributed by atoms with E-state index in [1.54, 1.807) is 0 Å². The molecule has 1 aromatic heterocycles. The fourth-order valence-corrected chi connectivity index (χ4v) is 3.42. The van der Waals surface area contributed by atoms with Gasteiger partial charge in [0.25, 0.3) is 0 Å². The van der Waals surface area contributed by atoms with Gasteiger partial charge in [-0.2, -0.15) is 0 Å². The maximum absolute atomic E-state index is 12.3. The van der Waals surface area contributed by atoms with Crippen LogP contribution in [0.3, 0.4) is 0 Å². The summed E-state index contributed by atoms with van der Waals surface area (Å²) >= 11 is 0. The molecule has 4 rings (SSSR count). The molecule has 1 N–H and O–H groups in total. The molecule has 0 radical (unpaired) electrons. The van der Waals surface area contributed by atoms with E-state index in [2.05, 4.69) is 35.1 Å². The number of hydrogen-bond acceptors (Lipinski definition) is 2. The minimum atomic E-state index is 0.0579. The van der Waals surface area contributed by atoms with Gasteiger partial charge in [0.15, 0.2) is 0 Å². The molecule has 1 saturated heterocycles. The number of fused-ring (bicyclic) bond motifs is 1. The zero-order chi connectivity index (χ0) is 13.7. The highest BCUT2D eigenvalue weighted by atomic mass is 16.1. The van der Waals surface area contributed by atoms with Gasteiger partial charge in [-0.3, -0.25) is 4.57 Å². The summed E-state index contributed by atoms with van der Waals surface area (Å²) in [5.74, 6) is 0.732. The van der Waals surface area contributed by atoms with E-state index in [1.165, 1.54) is 18.4 Å². The zero-order valence-electron chi connectivity index (χ0n) is 11.9. The lowest BCUT2D eigenvalue weighted by Crippen LogP contribution is -2.34. The van der Waals surface area contributed by atoms with Gasteiger partial charge in [0, 0.05) is 6.04 Å². The van der Waals surface area contributed by atoms with E-state index in [1.807, 2.05) is 4.57 Å². The van der Waals surface area contributed by atoms with Crippen LogP contribution in [-0.4, -0.2) is 34.6 Å². The average Bonchev–Trinajstić information content (AvgIpc) is 3.23. The highest BCUT2D eigenvalue weighted by Crippen LogP contribution is 2.41. The van der Waals surface area contributed by atoms with Gasteiger partial charge in [0.1, 0.15) is 0 Å². The Morgan fingerprint density at radius 2 is 1.90 bits per heavy atom. The summed E-state index contributed by atoms with van der Waals surface area (Å²) in [5.41, 5.74) is 3.55. The Kier molecular flexibility index (Phi) is 2.74. The lowest BCUT2D eigenvalue weighted by molar-refractivity contribution is 0.221. The molecular formula is C16H21N3O. The van der Waals surface area contributed by atoms with Gasteiger partial charge in [0.2, 0.25) is 0 Å². The average molecular weight is 271 g/mol. The Morgan fingerprint density at radius 1 is 1.15 bits per heavy atom. The van der Waals surface area contributed by atoms with Crippen molar-refractivity contribution in [2.75, 3.05) is 20.1 Å². The highest BCUT2D eigenvalue weighted by molar-refractivity contribution is 5.76. The summed E-state index contributed by atoms with van der Waals surface area (Å²) in [7, 11) is 2.15. The van der Waals surface area contributed by atoms with Crippen LogP contribution in [0.4, 0.5) is 0 Å². The van der Waals surface area contributed by atoms with Crippen LogP contribution in [0.15, 0.2) is 23.0 Å². The number of hydrogen-bond donors (Lipinski definition) is 1. The Hall–Kier alpha value is -1.55. The topological polar surface area (TPSA) is 41.0 Å². The lowest BCUT2D eigenvalue weighted by Gasteiger charge is -2.29. The maximum atomic E-state index is 12.3. The Labute approximate surface area is 118 Å². The predicted octanol–water partition coefficient (Wildman–Crippen LogP) is 2.47. The molecule has 2 heterocycles. The molecule has 0 spiro atoms. The van der Waals surface area contributed by atoms with E-state index in [0.29, 0.717) is 6.04 Å². The molecule has 2 aliphatic rings. The summed E-state index contributed by atoms with van der Waals surface area (Å²) in [6.07, 6.45) is 4.73. The van der Waals surface area contributed by atoms with Crippen LogP contribution >= 0.6 is 0 Å². The van der Waals surface area contributed by atoms with Crippen LogP contribution in [0.5, 0.6) is 0 Å². The third-order valence-corrected chi connectivity index (χ3v) is 4.84. The number of aromatic nitrogens is 2. The number of rotatable bonds is 2. The summed E-state index contributed by atoms with van der Waals surface area (Å²) in [5, 5.41) is 0. The minimum Gasteiger partial charge on any atom is -0.306 e. The number of aromatic amines is 1. The molecule has 1 aliphatic carbocycles. The van der Waals surface area contributed by atoms with Gasteiger partial charge < -0.3 is 9.88 Å². The van der Waals surface area contributed by atoms with E-state index in [4.69, 9.17) is 0 Å². The molecule has 106 valence electrons. The normalized spacial score (nSPS) is 21.6. The highest BCUT2D eigenvalue weighted by Gasteiger charge is 2.26. The quantitative estimate of drug-likeness (QED) is 0.911. The van der Waals surface area contributed by atoms with Crippen molar-refractivity contribution in [2.24, 2.45) is 0 Å². The molecule has 20 heavy (non-hydrogen) atoms. The number of H-pyrrole nitrogens is 1. The first-order valence-electron chi connectivity index (χ1n) is 7.65. The second-order valence-electron chi connectivity index (χ2n) is 6.39. The van der Waals surface area contributed by atoms with Crippen LogP contribution in [0.25, 0.3) is 11.0 Å². The number of likely N-dealkylation sites (tertiary alicyclic amines) is 1. The van der Waals surface area contributed by atoms with Crippen molar-refractivity contribution in [1.29, 1.82) is 0 Å². The SMILES string of the molecule is CN1CCC(n2c(=O)[nH]c3ccc(C4CC4)cc32)CC1. The standard InChI is InChI=1S/C16H21N3O/c1-18-8-6-13(7-9-18)19-15-10-12(11-2-3-11)4-5-14(15)17-16(19)20/h4-5,10-11,13H,2-3,6-9H2,1H3,(H,17,20). The van der Waals surface area contributed by atoms with E-state index in [9.17, 15) is 4.79 Å². The molecule has 0 atom stereocenters.